The number of carbonyl (C=O) groups excluding carboxylic acids is 2. The van der Waals surface area contributed by atoms with Crippen LogP contribution in [-0.4, -0.2) is 36.5 Å². The maximum absolute atomic E-state index is 12.3. The summed E-state index contributed by atoms with van der Waals surface area (Å²) in [6.45, 7) is 3.09. The summed E-state index contributed by atoms with van der Waals surface area (Å²) in [5.41, 5.74) is 0.956. The fourth-order valence-corrected chi connectivity index (χ4v) is 4.21. The molecule has 1 atom stereocenters. The first kappa shape index (κ1) is 15.3. The zero-order valence-corrected chi connectivity index (χ0v) is 13.7. The van der Waals surface area contributed by atoms with Gasteiger partial charge in [-0.15, -0.1) is 11.8 Å². The Morgan fingerprint density at radius 2 is 1.95 bits per heavy atom. The average molecular weight is 318 g/mol. The van der Waals surface area contributed by atoms with Crippen LogP contribution in [0.1, 0.15) is 35.7 Å². The molecule has 1 aromatic carbocycles. The molecule has 4 nitrogen and oxygen atoms in total. The minimum Gasteiger partial charge on any atom is -0.484 e. The van der Waals surface area contributed by atoms with E-state index in [4.69, 9.17) is 4.74 Å². The third kappa shape index (κ3) is 2.38. The van der Waals surface area contributed by atoms with E-state index in [1.165, 1.54) is 11.8 Å². The molecule has 0 spiro atoms. The second kappa shape index (κ2) is 5.89. The van der Waals surface area contributed by atoms with Gasteiger partial charge >= 0.3 is 0 Å². The molecule has 1 aliphatic heterocycles. The zero-order valence-electron chi connectivity index (χ0n) is 12.8. The number of nitrogens with two attached hydrogens (primary N) is 1. The van der Waals surface area contributed by atoms with E-state index in [1.54, 1.807) is 12.1 Å². The number of ketones is 2. The van der Waals surface area contributed by atoms with Crippen molar-refractivity contribution in [1.29, 1.82) is 0 Å². The molecule has 3 rings (SSSR count). The molecule has 1 aliphatic carbocycles. The van der Waals surface area contributed by atoms with Crippen molar-refractivity contribution in [3.63, 3.8) is 0 Å². The number of rotatable bonds is 4. The van der Waals surface area contributed by atoms with Gasteiger partial charge in [-0.2, -0.15) is 0 Å². The molecular formula is C17H20NO3S+. The number of benzene rings is 1. The Kier molecular flexibility index (Phi) is 4.10. The average Bonchev–Trinajstić information content (AvgIpc) is 2.57. The summed E-state index contributed by atoms with van der Waals surface area (Å²) in [5, 5.41) is 2.14. The molecule has 0 fully saturated rings. The summed E-state index contributed by atoms with van der Waals surface area (Å²) in [6, 6.07) is 7.23. The molecule has 5 heteroatoms. The van der Waals surface area contributed by atoms with Crippen molar-refractivity contribution in [2.24, 2.45) is 0 Å². The number of hydrogen-bond acceptors (Lipinski definition) is 4. The van der Waals surface area contributed by atoms with Crippen LogP contribution >= 0.6 is 11.8 Å². The maximum Gasteiger partial charge on any atom is 0.243 e. The summed E-state index contributed by atoms with van der Waals surface area (Å²) in [6.07, 6.45) is 1.81. The lowest BCUT2D eigenvalue weighted by molar-refractivity contribution is -0.628. The van der Waals surface area contributed by atoms with Gasteiger partial charge < -0.3 is 10.1 Å². The monoisotopic (exact) mass is 318 g/mol. The largest absolute Gasteiger partial charge is 0.484 e. The number of thioether (sulfide) groups is 1. The summed E-state index contributed by atoms with van der Waals surface area (Å²) >= 11 is 1.47. The highest BCUT2D eigenvalue weighted by Crippen LogP contribution is 2.45. The highest BCUT2D eigenvalue weighted by atomic mass is 32.2. The molecule has 2 N–H and O–H groups in total. The molecular weight excluding hydrogens is 298 g/mol. The first-order valence-electron chi connectivity index (χ1n) is 7.64. The SMILES string of the molecule is CCC1(CC[NH2+]C)CSC2=C(O1)c1ccccc1C(=O)C2=O. The lowest BCUT2D eigenvalue weighted by atomic mass is 9.92. The molecule has 0 saturated heterocycles. The Morgan fingerprint density at radius 1 is 1.23 bits per heavy atom. The topological polar surface area (TPSA) is 60.0 Å². The van der Waals surface area contributed by atoms with Gasteiger partial charge in [0.05, 0.1) is 13.6 Å². The zero-order chi connectivity index (χ0) is 15.7. The molecule has 0 aromatic heterocycles. The van der Waals surface area contributed by atoms with Crippen molar-refractivity contribution < 1.29 is 19.6 Å². The third-order valence-electron chi connectivity index (χ3n) is 4.37. The Bertz CT molecular complexity index is 668. The molecule has 1 aromatic rings. The van der Waals surface area contributed by atoms with Gasteiger partial charge in [0.15, 0.2) is 0 Å². The van der Waals surface area contributed by atoms with Gasteiger partial charge in [0, 0.05) is 23.3 Å². The molecule has 22 heavy (non-hydrogen) atoms. The number of carbonyl (C=O) groups is 2. The number of fused-ring (bicyclic) bond motifs is 2. The van der Waals surface area contributed by atoms with E-state index in [1.807, 2.05) is 19.2 Å². The highest BCUT2D eigenvalue weighted by molar-refractivity contribution is 8.04. The lowest BCUT2D eigenvalue weighted by Gasteiger charge is -2.39. The molecule has 2 aliphatic rings. The molecule has 116 valence electrons. The lowest BCUT2D eigenvalue weighted by Crippen LogP contribution is -2.80. The predicted octanol–water partition coefficient (Wildman–Crippen LogP) is 1.62. The molecule has 0 saturated carbocycles. The van der Waals surface area contributed by atoms with Gasteiger partial charge in [-0.25, -0.2) is 0 Å². The Hall–Kier alpha value is -1.59. The van der Waals surface area contributed by atoms with Crippen molar-refractivity contribution in [2.75, 3.05) is 19.3 Å². The van der Waals surface area contributed by atoms with Gasteiger partial charge in [-0.3, -0.25) is 9.59 Å². The normalized spacial score (nSPS) is 23.9. The van der Waals surface area contributed by atoms with Crippen LogP contribution in [0.15, 0.2) is 29.2 Å². The summed E-state index contributed by atoms with van der Waals surface area (Å²) in [4.78, 5) is 25.0. The van der Waals surface area contributed by atoms with Crippen LogP contribution in [0.2, 0.25) is 0 Å². The van der Waals surface area contributed by atoms with E-state index in [9.17, 15) is 9.59 Å². The summed E-state index contributed by atoms with van der Waals surface area (Å²) in [5.74, 6) is 0.480. The number of ether oxygens (including phenoxy) is 1. The summed E-state index contributed by atoms with van der Waals surface area (Å²) in [7, 11) is 2.04. The summed E-state index contributed by atoms with van der Waals surface area (Å²) < 4.78 is 6.34. The maximum atomic E-state index is 12.3. The molecule has 0 amide bonds. The molecule has 1 heterocycles. The fourth-order valence-electron chi connectivity index (χ4n) is 2.89. The Labute approximate surface area is 134 Å². The van der Waals surface area contributed by atoms with Crippen LogP contribution < -0.4 is 5.32 Å². The minimum atomic E-state index is -0.426. The molecule has 0 bridgehead atoms. The third-order valence-corrected chi connectivity index (χ3v) is 5.70. The van der Waals surface area contributed by atoms with E-state index < -0.39 is 11.6 Å². The van der Waals surface area contributed by atoms with Crippen molar-refractivity contribution in [1.82, 2.24) is 0 Å². The number of hydrogen-bond donors (Lipinski definition) is 1. The van der Waals surface area contributed by atoms with E-state index in [0.717, 1.165) is 30.7 Å². The van der Waals surface area contributed by atoms with Gasteiger partial charge in [0.2, 0.25) is 11.6 Å². The van der Waals surface area contributed by atoms with Crippen LogP contribution in [0, 0.1) is 0 Å². The first-order chi connectivity index (χ1) is 10.6. The first-order valence-corrected chi connectivity index (χ1v) is 8.63. The van der Waals surface area contributed by atoms with Crippen molar-refractivity contribution in [2.45, 2.75) is 25.4 Å². The van der Waals surface area contributed by atoms with Gasteiger partial charge in [-0.1, -0.05) is 31.2 Å². The van der Waals surface area contributed by atoms with Crippen molar-refractivity contribution in [3.05, 3.63) is 40.3 Å². The number of quaternary nitrogens is 1. The van der Waals surface area contributed by atoms with Crippen LogP contribution in [0.25, 0.3) is 5.76 Å². The highest BCUT2D eigenvalue weighted by Gasteiger charge is 2.43. The van der Waals surface area contributed by atoms with E-state index in [0.29, 0.717) is 16.2 Å². The second-order valence-corrected chi connectivity index (χ2v) is 6.72. The van der Waals surface area contributed by atoms with E-state index in [-0.39, 0.29) is 5.60 Å². The Morgan fingerprint density at radius 3 is 2.64 bits per heavy atom. The van der Waals surface area contributed by atoms with Crippen LogP contribution in [0.3, 0.4) is 0 Å². The Balaban J connectivity index is 2.04. The van der Waals surface area contributed by atoms with E-state index >= 15 is 0 Å². The standard InChI is InChI=1S/C17H19NO3S/c1-3-17(8-9-18-2)10-22-16-14(20)13(19)11-6-4-5-7-12(11)15(16)21-17/h4-7,18H,3,8-10H2,1-2H3/p+1. The van der Waals surface area contributed by atoms with Crippen molar-refractivity contribution >= 4 is 29.1 Å². The van der Waals surface area contributed by atoms with E-state index in [2.05, 4.69) is 12.2 Å². The van der Waals surface area contributed by atoms with Gasteiger partial charge in [-0.05, 0) is 6.42 Å². The van der Waals surface area contributed by atoms with Crippen LogP contribution in [0.4, 0.5) is 0 Å². The quantitative estimate of drug-likeness (QED) is 0.857. The number of Topliss-reactive ketones (excluding diaryl/α,β-unsaturated/α-hetero) is 2. The molecule has 0 radical (unpaired) electrons. The van der Waals surface area contributed by atoms with Gasteiger partial charge in [0.25, 0.3) is 0 Å². The minimum absolute atomic E-state index is 0.260. The van der Waals surface area contributed by atoms with Crippen LogP contribution in [0.5, 0.6) is 0 Å². The smallest absolute Gasteiger partial charge is 0.243 e. The van der Waals surface area contributed by atoms with Crippen molar-refractivity contribution in [3.8, 4) is 0 Å². The second-order valence-electron chi connectivity index (χ2n) is 5.74. The molecule has 1 unspecified atom stereocenters. The fraction of sp³-hybridized carbons (Fsp3) is 0.412. The predicted molar refractivity (Wildman–Crippen MR) is 86.6 cm³/mol. The van der Waals surface area contributed by atoms with Crippen LogP contribution in [-0.2, 0) is 9.53 Å². The van der Waals surface area contributed by atoms with Gasteiger partial charge in [0.1, 0.15) is 16.3 Å². The number of allylic oxidation sites excluding steroid dienone is 1.